The van der Waals surface area contributed by atoms with Crippen molar-refractivity contribution in [1.29, 1.82) is 0 Å². The zero-order chi connectivity index (χ0) is 27.8. The highest BCUT2D eigenvalue weighted by Crippen LogP contribution is 2.37. The largest absolute Gasteiger partial charge is 0.490 e. The molecule has 0 radical (unpaired) electrons. The number of aliphatic carboxylic acids is 2. The molecule has 2 saturated heterocycles. The molecule has 0 unspecified atom stereocenters. The molecule has 1 amide bonds. The van der Waals surface area contributed by atoms with Gasteiger partial charge in [-0.1, -0.05) is 6.07 Å². The lowest BCUT2D eigenvalue weighted by atomic mass is 10.0. The number of hydrogen-bond donors (Lipinski definition) is 3. The Kier molecular flexibility index (Phi) is 11.1. The number of carboxylic acid groups (broad SMARTS) is 2. The van der Waals surface area contributed by atoms with Crippen LogP contribution in [0, 0.1) is 5.92 Å². The van der Waals surface area contributed by atoms with Crippen LogP contribution in [0.5, 0.6) is 0 Å². The summed E-state index contributed by atoms with van der Waals surface area (Å²) in [6.45, 7) is 7.48. The van der Waals surface area contributed by atoms with E-state index in [0.29, 0.717) is 18.0 Å². The number of aromatic nitrogens is 1. The number of carbonyl (C=O) groups excluding carboxylic acids is 1. The van der Waals surface area contributed by atoms with Gasteiger partial charge in [0.1, 0.15) is 0 Å². The standard InChI is InChI=1S/C17H26N4O.2C2HF3O2/c1-12(2)21-15(17(22)18-3)7-14-10-20(11-16(14)21)9-13-5-4-6-19-8-13;2*3-2(4,5)1(6)7/h4-6,8,12,14-16H,7,9-11H2,1-3H3,(H,18,22);2*(H,6,7)/t14-,15-,16+;;/m0../s1. The first-order chi connectivity index (χ1) is 16.5. The van der Waals surface area contributed by atoms with Gasteiger partial charge in [0, 0.05) is 51.2 Å². The molecular formula is C21H28F6N4O5. The van der Waals surface area contributed by atoms with Crippen LogP contribution in [-0.4, -0.2) is 93.5 Å². The van der Waals surface area contributed by atoms with Crippen LogP contribution in [0.4, 0.5) is 26.3 Å². The second-order valence-corrected chi connectivity index (χ2v) is 8.40. The van der Waals surface area contributed by atoms with E-state index in [1.54, 1.807) is 7.05 Å². The highest BCUT2D eigenvalue weighted by Gasteiger charge is 2.49. The Bertz CT molecular complexity index is 858. The van der Waals surface area contributed by atoms with Gasteiger partial charge in [0.2, 0.25) is 5.91 Å². The number of carbonyl (C=O) groups is 3. The van der Waals surface area contributed by atoms with Gasteiger partial charge in [-0.25, -0.2) is 9.59 Å². The number of carboxylic acids is 2. The zero-order valence-electron chi connectivity index (χ0n) is 19.7. The third kappa shape index (κ3) is 9.26. The summed E-state index contributed by atoms with van der Waals surface area (Å²) in [5.74, 6) is -4.75. The van der Waals surface area contributed by atoms with E-state index in [2.05, 4.69) is 40.0 Å². The van der Waals surface area contributed by atoms with Gasteiger partial charge < -0.3 is 15.5 Å². The molecule has 9 nitrogen and oxygen atoms in total. The van der Waals surface area contributed by atoms with Crippen molar-refractivity contribution in [2.75, 3.05) is 20.1 Å². The lowest BCUT2D eigenvalue weighted by Crippen LogP contribution is -2.50. The van der Waals surface area contributed by atoms with E-state index in [9.17, 15) is 31.1 Å². The van der Waals surface area contributed by atoms with Crippen LogP contribution in [-0.2, 0) is 20.9 Å². The van der Waals surface area contributed by atoms with E-state index in [1.807, 2.05) is 18.5 Å². The number of likely N-dealkylation sites (tertiary alicyclic amines) is 2. The molecule has 0 saturated carbocycles. The first kappa shape index (κ1) is 31.1. The summed E-state index contributed by atoms with van der Waals surface area (Å²) in [5.41, 5.74) is 1.27. The minimum absolute atomic E-state index is 0.0422. The molecule has 0 bridgehead atoms. The number of likely N-dealkylation sites (N-methyl/N-ethyl adjacent to an activating group) is 1. The molecule has 2 fully saturated rings. The van der Waals surface area contributed by atoms with Gasteiger partial charge in [-0.2, -0.15) is 26.3 Å². The highest BCUT2D eigenvalue weighted by atomic mass is 19.4. The highest BCUT2D eigenvalue weighted by molar-refractivity contribution is 5.82. The Balaban J connectivity index is 0.000000383. The smallest absolute Gasteiger partial charge is 0.475 e. The monoisotopic (exact) mass is 530 g/mol. The van der Waals surface area contributed by atoms with Crippen molar-refractivity contribution in [3.05, 3.63) is 30.1 Å². The average Bonchev–Trinajstić information content (AvgIpc) is 3.30. The van der Waals surface area contributed by atoms with Crippen molar-refractivity contribution in [2.24, 2.45) is 5.92 Å². The fourth-order valence-corrected chi connectivity index (χ4v) is 4.18. The van der Waals surface area contributed by atoms with Gasteiger partial charge in [-0.05, 0) is 37.8 Å². The first-order valence-corrected chi connectivity index (χ1v) is 10.7. The number of fused-ring (bicyclic) bond motifs is 1. The molecule has 2 aliphatic rings. The average molecular weight is 530 g/mol. The van der Waals surface area contributed by atoms with Gasteiger partial charge in [-0.15, -0.1) is 0 Å². The number of nitrogens with one attached hydrogen (secondary N) is 1. The summed E-state index contributed by atoms with van der Waals surface area (Å²) >= 11 is 0. The van der Waals surface area contributed by atoms with E-state index in [4.69, 9.17) is 19.8 Å². The molecule has 1 aromatic rings. The van der Waals surface area contributed by atoms with E-state index >= 15 is 0 Å². The summed E-state index contributed by atoms with van der Waals surface area (Å²) in [6, 6.07) is 5.07. The molecule has 15 heteroatoms. The maximum atomic E-state index is 12.2. The molecule has 204 valence electrons. The molecule has 36 heavy (non-hydrogen) atoms. The van der Waals surface area contributed by atoms with Gasteiger partial charge in [-0.3, -0.25) is 19.6 Å². The Morgan fingerprint density at radius 2 is 1.61 bits per heavy atom. The fourth-order valence-electron chi connectivity index (χ4n) is 4.18. The predicted octanol–water partition coefficient (Wildman–Crippen LogP) is 2.38. The summed E-state index contributed by atoms with van der Waals surface area (Å²) < 4.78 is 63.5. The molecule has 3 atom stereocenters. The van der Waals surface area contributed by atoms with Crippen molar-refractivity contribution in [1.82, 2.24) is 20.1 Å². The number of alkyl halides is 6. The SMILES string of the molecule is CNC(=O)[C@@H]1C[C@H]2CN(Cc3cccnc3)C[C@H]2N1C(C)C.O=C(O)C(F)(F)F.O=C(O)C(F)(F)F. The number of halogens is 6. The second-order valence-electron chi connectivity index (χ2n) is 8.40. The Morgan fingerprint density at radius 1 is 1.08 bits per heavy atom. The van der Waals surface area contributed by atoms with Crippen LogP contribution in [0.2, 0.25) is 0 Å². The molecule has 1 aromatic heterocycles. The number of hydrogen-bond acceptors (Lipinski definition) is 6. The summed E-state index contributed by atoms with van der Waals surface area (Å²) in [7, 11) is 1.74. The molecule has 3 N–H and O–H groups in total. The third-order valence-electron chi connectivity index (χ3n) is 5.51. The molecule has 0 aromatic carbocycles. The molecule has 3 rings (SSSR count). The van der Waals surface area contributed by atoms with Gasteiger partial charge in [0.05, 0.1) is 6.04 Å². The van der Waals surface area contributed by atoms with Crippen LogP contribution in [0.1, 0.15) is 25.8 Å². The van der Waals surface area contributed by atoms with Crippen LogP contribution >= 0.6 is 0 Å². The summed E-state index contributed by atoms with van der Waals surface area (Å²) in [5, 5.41) is 17.1. The van der Waals surface area contributed by atoms with Gasteiger partial charge in [0.15, 0.2) is 0 Å². The van der Waals surface area contributed by atoms with E-state index in [0.717, 1.165) is 26.1 Å². The van der Waals surface area contributed by atoms with Crippen molar-refractivity contribution in [2.45, 2.75) is 57.3 Å². The minimum Gasteiger partial charge on any atom is -0.475 e. The van der Waals surface area contributed by atoms with Crippen molar-refractivity contribution in [3.8, 4) is 0 Å². The van der Waals surface area contributed by atoms with E-state index in [-0.39, 0.29) is 11.9 Å². The second kappa shape index (κ2) is 12.9. The van der Waals surface area contributed by atoms with E-state index < -0.39 is 24.3 Å². The van der Waals surface area contributed by atoms with Crippen molar-refractivity contribution >= 4 is 17.8 Å². The molecule has 0 aliphatic carbocycles. The first-order valence-electron chi connectivity index (χ1n) is 10.7. The molecule has 3 heterocycles. The van der Waals surface area contributed by atoms with Crippen LogP contribution in [0.25, 0.3) is 0 Å². The van der Waals surface area contributed by atoms with Crippen LogP contribution in [0.15, 0.2) is 24.5 Å². The predicted molar refractivity (Wildman–Crippen MR) is 114 cm³/mol. The van der Waals surface area contributed by atoms with Gasteiger partial charge >= 0.3 is 24.3 Å². The van der Waals surface area contributed by atoms with Crippen molar-refractivity contribution < 1.29 is 50.9 Å². The Hall–Kier alpha value is -2.94. The van der Waals surface area contributed by atoms with Crippen LogP contribution in [0.3, 0.4) is 0 Å². The topological polar surface area (TPSA) is 123 Å². The quantitative estimate of drug-likeness (QED) is 0.508. The number of nitrogens with zero attached hydrogens (tertiary/aromatic N) is 3. The maximum Gasteiger partial charge on any atom is 0.490 e. The van der Waals surface area contributed by atoms with Crippen LogP contribution < -0.4 is 5.32 Å². The van der Waals surface area contributed by atoms with Gasteiger partial charge in [0.25, 0.3) is 0 Å². The Labute approximate surface area is 203 Å². The lowest BCUT2D eigenvalue weighted by Gasteiger charge is -2.33. The number of amides is 1. The lowest BCUT2D eigenvalue weighted by molar-refractivity contribution is -0.193. The van der Waals surface area contributed by atoms with Crippen molar-refractivity contribution in [3.63, 3.8) is 0 Å². The number of pyridine rings is 1. The summed E-state index contributed by atoms with van der Waals surface area (Å²) in [6.07, 6.45) is -5.43. The third-order valence-corrected chi connectivity index (χ3v) is 5.51. The maximum absolute atomic E-state index is 12.2. The fraction of sp³-hybridized carbons (Fsp3) is 0.619. The Morgan fingerprint density at radius 3 is 2.00 bits per heavy atom. The number of rotatable bonds is 4. The molecule has 2 aliphatic heterocycles. The minimum atomic E-state index is -5.08. The summed E-state index contributed by atoms with van der Waals surface area (Å²) in [4.78, 5) is 39.1. The zero-order valence-corrected chi connectivity index (χ0v) is 19.7. The molecule has 0 spiro atoms. The molecular weight excluding hydrogens is 502 g/mol. The normalized spacial score (nSPS) is 22.1. The van der Waals surface area contributed by atoms with E-state index in [1.165, 1.54) is 5.56 Å².